The zero-order valence-corrected chi connectivity index (χ0v) is 15.1. The highest BCUT2D eigenvalue weighted by Gasteiger charge is 2.25. The molecule has 2 heterocycles. The van der Waals surface area contributed by atoms with Crippen molar-refractivity contribution in [3.05, 3.63) is 18.2 Å². The second kappa shape index (κ2) is 8.62. The molecule has 1 atom stereocenters. The lowest BCUT2D eigenvalue weighted by Crippen LogP contribution is -2.42. The van der Waals surface area contributed by atoms with Crippen molar-refractivity contribution in [3.63, 3.8) is 0 Å². The van der Waals surface area contributed by atoms with E-state index in [-0.39, 0.29) is 5.91 Å². The largest absolute Gasteiger partial charge is 0.486 e. The number of fused-ring (bicyclic) bond motifs is 1. The van der Waals surface area contributed by atoms with Gasteiger partial charge in [-0.3, -0.25) is 4.79 Å². The van der Waals surface area contributed by atoms with E-state index in [0.29, 0.717) is 25.7 Å². The third-order valence-corrected chi connectivity index (χ3v) is 5.35. The normalized spacial score (nSPS) is 19.3. The van der Waals surface area contributed by atoms with E-state index in [1.807, 2.05) is 18.2 Å². The van der Waals surface area contributed by atoms with Gasteiger partial charge in [-0.15, -0.1) is 11.8 Å². The predicted molar refractivity (Wildman–Crippen MR) is 96.1 cm³/mol. The van der Waals surface area contributed by atoms with Crippen molar-refractivity contribution >= 4 is 17.7 Å². The Bertz CT molecular complexity index is 561. The molecule has 5 nitrogen and oxygen atoms in total. The summed E-state index contributed by atoms with van der Waals surface area (Å²) >= 11 is 1.70. The van der Waals surface area contributed by atoms with Gasteiger partial charge >= 0.3 is 0 Å². The highest BCUT2D eigenvalue weighted by Crippen LogP contribution is 2.34. The number of thioether (sulfide) groups is 1. The molecule has 24 heavy (non-hydrogen) atoms. The summed E-state index contributed by atoms with van der Waals surface area (Å²) in [5.41, 5.74) is 0. The van der Waals surface area contributed by atoms with E-state index in [1.165, 1.54) is 0 Å². The zero-order valence-electron chi connectivity index (χ0n) is 14.3. The molecular formula is C18H26N2O3S. The van der Waals surface area contributed by atoms with Gasteiger partial charge in [0, 0.05) is 36.2 Å². The molecule has 2 aliphatic rings. The number of carbonyl (C=O) groups excluding carboxylic acids is 1. The van der Waals surface area contributed by atoms with E-state index < -0.39 is 0 Å². The van der Waals surface area contributed by atoms with Crippen LogP contribution in [-0.2, 0) is 4.79 Å². The van der Waals surface area contributed by atoms with Gasteiger partial charge in [0.05, 0.1) is 0 Å². The molecule has 1 saturated heterocycles. The maximum atomic E-state index is 12.6. The summed E-state index contributed by atoms with van der Waals surface area (Å²) in [5, 5.41) is 3.35. The number of hydrogen-bond acceptors (Lipinski definition) is 5. The third kappa shape index (κ3) is 4.36. The van der Waals surface area contributed by atoms with Gasteiger partial charge in [0.2, 0.25) is 5.91 Å². The molecule has 1 amide bonds. The average molecular weight is 350 g/mol. The number of benzene rings is 1. The smallest absolute Gasteiger partial charge is 0.223 e. The fourth-order valence-electron chi connectivity index (χ4n) is 3.17. The molecule has 1 N–H and O–H groups in total. The standard InChI is InChI=1S/C18H26N2O3S/c1-2-8-20(14-5-7-19-13-14)18(21)6-11-24-15-3-4-16-17(12-15)23-10-9-22-16/h3-4,12,14,19H,2,5-11,13H2,1H3. The Hall–Kier alpha value is -1.40. The van der Waals surface area contributed by atoms with Crippen LogP contribution in [0.2, 0.25) is 0 Å². The van der Waals surface area contributed by atoms with E-state index in [1.54, 1.807) is 11.8 Å². The fourth-order valence-corrected chi connectivity index (χ4v) is 4.04. The van der Waals surface area contributed by atoms with E-state index in [2.05, 4.69) is 17.1 Å². The monoisotopic (exact) mass is 350 g/mol. The minimum Gasteiger partial charge on any atom is -0.486 e. The molecule has 0 radical (unpaired) electrons. The molecule has 2 aliphatic heterocycles. The summed E-state index contributed by atoms with van der Waals surface area (Å²) in [6.07, 6.45) is 2.66. The molecule has 6 heteroatoms. The van der Waals surface area contributed by atoms with Crippen molar-refractivity contribution in [2.24, 2.45) is 0 Å². The Kier molecular flexibility index (Phi) is 6.26. The molecule has 0 aromatic heterocycles. The van der Waals surface area contributed by atoms with Crippen molar-refractivity contribution in [1.29, 1.82) is 0 Å². The molecule has 1 aromatic rings. The van der Waals surface area contributed by atoms with Crippen LogP contribution in [0.4, 0.5) is 0 Å². The maximum Gasteiger partial charge on any atom is 0.223 e. The summed E-state index contributed by atoms with van der Waals surface area (Å²) < 4.78 is 11.1. The SMILES string of the molecule is CCCN(C(=O)CCSc1ccc2c(c1)OCCO2)C1CCNC1. The summed E-state index contributed by atoms with van der Waals surface area (Å²) in [7, 11) is 0. The van der Waals surface area contributed by atoms with Gasteiger partial charge in [-0.2, -0.15) is 0 Å². The number of amides is 1. The average Bonchev–Trinajstić information content (AvgIpc) is 3.13. The topological polar surface area (TPSA) is 50.8 Å². The Morgan fingerprint density at radius 3 is 2.92 bits per heavy atom. The Balaban J connectivity index is 1.50. The molecular weight excluding hydrogens is 324 g/mol. The van der Waals surface area contributed by atoms with Gasteiger partial charge in [0.1, 0.15) is 13.2 Å². The highest BCUT2D eigenvalue weighted by molar-refractivity contribution is 7.99. The van der Waals surface area contributed by atoms with Crippen LogP contribution >= 0.6 is 11.8 Å². The number of ether oxygens (including phenoxy) is 2. The van der Waals surface area contributed by atoms with Crippen molar-refractivity contribution in [1.82, 2.24) is 10.2 Å². The predicted octanol–water partition coefficient (Wildman–Crippen LogP) is 2.54. The van der Waals surface area contributed by atoms with Crippen LogP contribution in [0.25, 0.3) is 0 Å². The number of rotatable bonds is 7. The second-order valence-electron chi connectivity index (χ2n) is 6.14. The Labute approximate surface area is 148 Å². The lowest BCUT2D eigenvalue weighted by Gasteiger charge is -2.28. The van der Waals surface area contributed by atoms with Crippen molar-refractivity contribution in [2.75, 3.05) is 38.6 Å². The summed E-state index contributed by atoms with van der Waals surface area (Å²) in [6, 6.07) is 6.37. The van der Waals surface area contributed by atoms with Crippen LogP contribution in [0, 0.1) is 0 Å². The highest BCUT2D eigenvalue weighted by atomic mass is 32.2. The second-order valence-corrected chi connectivity index (χ2v) is 7.31. The summed E-state index contributed by atoms with van der Waals surface area (Å²) in [4.78, 5) is 15.8. The first-order chi connectivity index (χ1) is 11.8. The van der Waals surface area contributed by atoms with Crippen LogP contribution in [0.1, 0.15) is 26.2 Å². The van der Waals surface area contributed by atoms with Crippen molar-refractivity contribution < 1.29 is 14.3 Å². The molecule has 1 unspecified atom stereocenters. The Morgan fingerprint density at radius 2 is 2.17 bits per heavy atom. The van der Waals surface area contributed by atoms with Crippen molar-refractivity contribution in [3.8, 4) is 11.5 Å². The zero-order chi connectivity index (χ0) is 16.8. The number of hydrogen-bond donors (Lipinski definition) is 1. The molecule has 1 fully saturated rings. The van der Waals surface area contributed by atoms with E-state index in [9.17, 15) is 4.79 Å². The van der Waals surface area contributed by atoms with Crippen LogP contribution in [0.3, 0.4) is 0 Å². The lowest BCUT2D eigenvalue weighted by atomic mass is 10.2. The first-order valence-corrected chi connectivity index (χ1v) is 9.79. The van der Waals surface area contributed by atoms with Gasteiger partial charge in [-0.1, -0.05) is 6.92 Å². The fraction of sp³-hybridized carbons (Fsp3) is 0.611. The Morgan fingerprint density at radius 1 is 1.33 bits per heavy atom. The van der Waals surface area contributed by atoms with Crippen LogP contribution < -0.4 is 14.8 Å². The van der Waals surface area contributed by atoms with Gasteiger partial charge in [0.25, 0.3) is 0 Å². The summed E-state index contributed by atoms with van der Waals surface area (Å²) in [6.45, 7) is 6.15. The third-order valence-electron chi connectivity index (χ3n) is 4.36. The maximum absolute atomic E-state index is 12.6. The number of carbonyl (C=O) groups is 1. The van der Waals surface area contributed by atoms with E-state index in [4.69, 9.17) is 9.47 Å². The van der Waals surface area contributed by atoms with Crippen molar-refractivity contribution in [2.45, 2.75) is 37.1 Å². The molecule has 3 rings (SSSR count). The van der Waals surface area contributed by atoms with Gasteiger partial charge in [0.15, 0.2) is 11.5 Å². The van der Waals surface area contributed by atoms with Crippen LogP contribution in [0.5, 0.6) is 11.5 Å². The number of nitrogens with one attached hydrogen (secondary N) is 1. The molecule has 1 aromatic carbocycles. The molecule has 0 bridgehead atoms. The number of nitrogens with zero attached hydrogens (tertiary/aromatic N) is 1. The quantitative estimate of drug-likeness (QED) is 0.766. The first-order valence-electron chi connectivity index (χ1n) is 8.80. The molecule has 0 saturated carbocycles. The van der Waals surface area contributed by atoms with Crippen LogP contribution in [-0.4, -0.2) is 55.4 Å². The minimum atomic E-state index is 0.274. The minimum absolute atomic E-state index is 0.274. The van der Waals surface area contributed by atoms with Crippen LogP contribution in [0.15, 0.2) is 23.1 Å². The van der Waals surface area contributed by atoms with E-state index >= 15 is 0 Å². The first kappa shape index (κ1) is 17.4. The van der Waals surface area contributed by atoms with Gasteiger partial charge in [-0.05, 0) is 37.6 Å². The molecule has 0 spiro atoms. The lowest BCUT2D eigenvalue weighted by molar-refractivity contribution is -0.132. The van der Waals surface area contributed by atoms with E-state index in [0.717, 1.165) is 54.6 Å². The van der Waals surface area contributed by atoms with Gasteiger partial charge in [-0.25, -0.2) is 0 Å². The molecule has 132 valence electrons. The molecule has 0 aliphatic carbocycles. The summed E-state index contributed by atoms with van der Waals surface area (Å²) in [5.74, 6) is 2.68. The van der Waals surface area contributed by atoms with Gasteiger partial charge < -0.3 is 19.7 Å².